The minimum atomic E-state index is -0.778. The molecule has 412 valence electrons. The van der Waals surface area contributed by atoms with Gasteiger partial charge in [-0.25, -0.2) is 0 Å². The van der Waals surface area contributed by atoms with Crippen molar-refractivity contribution in [3.05, 3.63) is 97.2 Å². The van der Waals surface area contributed by atoms with Crippen LogP contribution in [0.15, 0.2) is 97.2 Å². The number of carbonyl (C=O) groups excluding carboxylic acids is 3. The predicted molar refractivity (Wildman–Crippen MR) is 311 cm³/mol. The third-order valence-corrected chi connectivity index (χ3v) is 12.8. The van der Waals surface area contributed by atoms with Crippen LogP contribution in [0.25, 0.3) is 0 Å². The summed E-state index contributed by atoms with van der Waals surface area (Å²) in [6, 6.07) is 0. The Morgan fingerprint density at radius 1 is 0.292 bits per heavy atom. The zero-order chi connectivity index (χ0) is 52.2. The Hall–Kier alpha value is -3.67. The molecule has 1 atom stereocenters. The standard InChI is InChI=1S/C66H112O6/c1-4-7-10-13-15-17-19-21-23-25-26-27-28-29-30-31-32-33-34-35-36-37-38-39-40-41-43-44-46-48-50-53-56-59-65(68)71-62-63(61-70-64(67)58-55-52-12-9-6-3)72-66(69)60-57-54-51-49-47-45-42-24-22-20-18-16-14-11-8-5-2/h7,10,15,17,21,23-24,26-27,29-30,32-33,35-36,42,63H,4-6,8-9,11-14,16,18-20,22,25,28,31,34,37-41,43-62H2,1-3H3/b10-7-,17-15-,23-21-,27-26-,30-29-,33-32-,36-35-,42-24-. The second kappa shape index (κ2) is 59.9. The molecule has 6 nitrogen and oxygen atoms in total. The van der Waals surface area contributed by atoms with Crippen molar-refractivity contribution >= 4 is 17.9 Å². The molecule has 0 saturated carbocycles. The fourth-order valence-electron chi connectivity index (χ4n) is 8.30. The van der Waals surface area contributed by atoms with Gasteiger partial charge in [-0.1, -0.05) is 259 Å². The van der Waals surface area contributed by atoms with Crippen molar-refractivity contribution in [2.45, 2.75) is 290 Å². The minimum absolute atomic E-state index is 0.0804. The third kappa shape index (κ3) is 57.2. The Bertz CT molecular complexity index is 1430. The van der Waals surface area contributed by atoms with Crippen LogP contribution in [0.5, 0.6) is 0 Å². The van der Waals surface area contributed by atoms with Crippen LogP contribution in [0, 0.1) is 0 Å². The molecular weight excluding hydrogens is 889 g/mol. The van der Waals surface area contributed by atoms with E-state index >= 15 is 0 Å². The lowest BCUT2D eigenvalue weighted by Crippen LogP contribution is -2.30. The lowest BCUT2D eigenvalue weighted by atomic mass is 10.0. The molecule has 0 aromatic heterocycles. The van der Waals surface area contributed by atoms with E-state index in [0.717, 1.165) is 122 Å². The first-order valence-corrected chi connectivity index (χ1v) is 30.2. The Morgan fingerprint density at radius 3 is 0.861 bits per heavy atom. The number of allylic oxidation sites excluding steroid dienone is 16. The van der Waals surface area contributed by atoms with E-state index in [4.69, 9.17) is 14.2 Å². The second-order valence-electron chi connectivity index (χ2n) is 19.9. The molecule has 0 aromatic carbocycles. The molecule has 0 bridgehead atoms. The Kier molecular flexibility index (Phi) is 56.8. The van der Waals surface area contributed by atoms with Crippen LogP contribution in [-0.4, -0.2) is 37.2 Å². The van der Waals surface area contributed by atoms with E-state index in [9.17, 15) is 14.4 Å². The number of rotatable bonds is 54. The Morgan fingerprint density at radius 2 is 0.542 bits per heavy atom. The van der Waals surface area contributed by atoms with Crippen LogP contribution in [0.2, 0.25) is 0 Å². The van der Waals surface area contributed by atoms with Crippen LogP contribution >= 0.6 is 0 Å². The number of carbonyl (C=O) groups is 3. The first kappa shape index (κ1) is 68.3. The molecule has 0 saturated heterocycles. The maximum absolute atomic E-state index is 12.8. The van der Waals surface area contributed by atoms with Gasteiger partial charge in [0, 0.05) is 19.3 Å². The fraction of sp³-hybridized carbons (Fsp3) is 0.712. The average molecular weight is 1000 g/mol. The highest BCUT2D eigenvalue weighted by Crippen LogP contribution is 2.15. The maximum atomic E-state index is 12.8. The van der Waals surface area contributed by atoms with E-state index < -0.39 is 6.10 Å². The predicted octanol–water partition coefficient (Wildman–Crippen LogP) is 20.5. The molecule has 0 N–H and O–H groups in total. The molecule has 0 heterocycles. The van der Waals surface area contributed by atoms with Gasteiger partial charge in [0.15, 0.2) is 6.10 Å². The summed E-state index contributed by atoms with van der Waals surface area (Å²) in [5.74, 6) is -0.901. The van der Waals surface area contributed by atoms with Crippen LogP contribution in [0.4, 0.5) is 0 Å². The normalized spacial score (nSPS) is 12.8. The molecule has 0 radical (unpaired) electrons. The van der Waals surface area contributed by atoms with E-state index in [1.165, 1.54) is 122 Å². The molecule has 0 aliphatic rings. The summed E-state index contributed by atoms with van der Waals surface area (Å²) in [4.78, 5) is 37.8. The maximum Gasteiger partial charge on any atom is 0.306 e. The topological polar surface area (TPSA) is 78.9 Å². The summed E-state index contributed by atoms with van der Waals surface area (Å²) in [5, 5.41) is 0. The molecule has 0 rings (SSSR count). The van der Waals surface area contributed by atoms with E-state index in [2.05, 4.69) is 118 Å². The molecule has 0 aliphatic heterocycles. The number of unbranched alkanes of at least 4 members (excludes halogenated alkanes) is 27. The molecule has 1 unspecified atom stereocenters. The van der Waals surface area contributed by atoms with Gasteiger partial charge in [-0.2, -0.15) is 0 Å². The minimum Gasteiger partial charge on any atom is -0.462 e. The van der Waals surface area contributed by atoms with Gasteiger partial charge in [0.05, 0.1) is 0 Å². The van der Waals surface area contributed by atoms with Crippen molar-refractivity contribution in [1.82, 2.24) is 0 Å². The monoisotopic (exact) mass is 1000 g/mol. The molecule has 0 aromatic rings. The van der Waals surface area contributed by atoms with Crippen LogP contribution in [-0.2, 0) is 28.6 Å². The van der Waals surface area contributed by atoms with Gasteiger partial charge in [-0.15, -0.1) is 0 Å². The molecule has 72 heavy (non-hydrogen) atoms. The van der Waals surface area contributed by atoms with Gasteiger partial charge in [-0.3, -0.25) is 14.4 Å². The fourth-order valence-corrected chi connectivity index (χ4v) is 8.30. The van der Waals surface area contributed by atoms with Crippen molar-refractivity contribution in [1.29, 1.82) is 0 Å². The van der Waals surface area contributed by atoms with Gasteiger partial charge in [-0.05, 0) is 103 Å². The average Bonchev–Trinajstić information content (AvgIpc) is 3.38. The van der Waals surface area contributed by atoms with Crippen molar-refractivity contribution in [3.63, 3.8) is 0 Å². The van der Waals surface area contributed by atoms with Gasteiger partial charge in [0.2, 0.25) is 0 Å². The van der Waals surface area contributed by atoms with Crippen LogP contribution in [0.1, 0.15) is 284 Å². The highest BCUT2D eigenvalue weighted by Gasteiger charge is 2.19. The smallest absolute Gasteiger partial charge is 0.306 e. The molecule has 0 fully saturated rings. The summed E-state index contributed by atoms with van der Waals surface area (Å²) >= 11 is 0. The first-order valence-electron chi connectivity index (χ1n) is 30.2. The molecule has 6 heteroatoms. The summed E-state index contributed by atoms with van der Waals surface area (Å²) < 4.78 is 16.7. The van der Waals surface area contributed by atoms with Crippen LogP contribution in [0.3, 0.4) is 0 Å². The number of hydrogen-bond acceptors (Lipinski definition) is 6. The largest absolute Gasteiger partial charge is 0.462 e. The van der Waals surface area contributed by atoms with Crippen molar-refractivity contribution < 1.29 is 28.6 Å². The highest BCUT2D eigenvalue weighted by molar-refractivity contribution is 5.71. The van der Waals surface area contributed by atoms with Crippen molar-refractivity contribution in [2.75, 3.05) is 13.2 Å². The van der Waals surface area contributed by atoms with Gasteiger partial charge in [0.25, 0.3) is 0 Å². The van der Waals surface area contributed by atoms with E-state index in [1.54, 1.807) is 0 Å². The summed E-state index contributed by atoms with van der Waals surface area (Å²) in [5.41, 5.74) is 0. The lowest BCUT2D eigenvalue weighted by Gasteiger charge is -2.18. The highest BCUT2D eigenvalue weighted by atomic mass is 16.6. The lowest BCUT2D eigenvalue weighted by molar-refractivity contribution is -0.167. The third-order valence-electron chi connectivity index (χ3n) is 12.8. The zero-order valence-electron chi connectivity index (χ0n) is 47.2. The SMILES string of the molecule is CC/C=C\C/C=C\C/C=C\C/C=C\C/C=C\C/C=C\C/C=C\CCCCCCCCCCCCCC(=O)OCC(COC(=O)CCCCCCC)OC(=O)CCCCCCC/C=C\CCCCCCCCC. The summed E-state index contributed by atoms with van der Waals surface area (Å²) in [7, 11) is 0. The van der Waals surface area contributed by atoms with Crippen LogP contribution < -0.4 is 0 Å². The number of esters is 3. The van der Waals surface area contributed by atoms with Gasteiger partial charge >= 0.3 is 17.9 Å². The number of ether oxygens (including phenoxy) is 3. The summed E-state index contributed by atoms with van der Waals surface area (Å²) in [6.45, 7) is 6.44. The van der Waals surface area contributed by atoms with Crippen molar-refractivity contribution in [2.24, 2.45) is 0 Å². The molecule has 0 aliphatic carbocycles. The Labute approximate surface area is 445 Å². The van der Waals surface area contributed by atoms with E-state index in [-0.39, 0.29) is 31.1 Å². The zero-order valence-corrected chi connectivity index (χ0v) is 47.2. The molecule has 0 amide bonds. The molecule has 0 spiro atoms. The summed E-state index contributed by atoms with van der Waals surface area (Å²) in [6.07, 6.45) is 80.3. The van der Waals surface area contributed by atoms with E-state index in [1.807, 2.05) is 0 Å². The number of hydrogen-bond donors (Lipinski definition) is 0. The van der Waals surface area contributed by atoms with Gasteiger partial charge in [0.1, 0.15) is 13.2 Å². The van der Waals surface area contributed by atoms with Crippen molar-refractivity contribution in [3.8, 4) is 0 Å². The van der Waals surface area contributed by atoms with E-state index in [0.29, 0.717) is 19.3 Å². The molecular formula is C66H112O6. The Balaban J connectivity index is 4.03. The first-order chi connectivity index (χ1) is 35.5. The second-order valence-corrected chi connectivity index (χ2v) is 19.9. The van der Waals surface area contributed by atoms with Gasteiger partial charge < -0.3 is 14.2 Å². The quantitative estimate of drug-likeness (QED) is 0.0261.